The van der Waals surface area contributed by atoms with Crippen LogP contribution in [0.4, 0.5) is 10.9 Å². The molecule has 0 spiro atoms. The molecule has 0 aliphatic carbocycles. The first-order chi connectivity index (χ1) is 11.0. The minimum atomic E-state index is -3.75. The summed E-state index contributed by atoms with van der Waals surface area (Å²) in [6.45, 7) is 1.89. The summed E-state index contributed by atoms with van der Waals surface area (Å²) < 4.78 is 25.4. The Balaban J connectivity index is 1.95. The molecule has 0 aliphatic heterocycles. The predicted molar refractivity (Wildman–Crippen MR) is 91.3 cm³/mol. The Labute approximate surface area is 142 Å². The summed E-state index contributed by atoms with van der Waals surface area (Å²) in [4.78, 5) is 8.40. The van der Waals surface area contributed by atoms with Crippen molar-refractivity contribution in [2.24, 2.45) is 0 Å². The van der Waals surface area contributed by atoms with Gasteiger partial charge in [0.25, 0.3) is 0 Å². The van der Waals surface area contributed by atoms with Gasteiger partial charge in [-0.2, -0.15) is 0 Å². The first-order valence-electron chi connectivity index (χ1n) is 6.63. The predicted octanol–water partition coefficient (Wildman–Crippen LogP) is 4.08. The van der Waals surface area contributed by atoms with Crippen LogP contribution in [0.2, 0.25) is 4.34 Å². The lowest BCUT2D eigenvalue weighted by molar-refractivity contribution is 0.593. The molecule has 0 amide bonds. The zero-order valence-corrected chi connectivity index (χ0v) is 14.4. The van der Waals surface area contributed by atoms with Crippen molar-refractivity contribution in [3.8, 4) is 0 Å². The highest BCUT2D eigenvalue weighted by atomic mass is 35.5. The molecule has 2 heterocycles. The maximum atomic E-state index is 12.6. The number of nitrogens with zero attached hydrogens (tertiary/aromatic N) is 2. The van der Waals surface area contributed by atoms with Gasteiger partial charge in [-0.1, -0.05) is 46.7 Å². The van der Waals surface area contributed by atoms with E-state index in [0.29, 0.717) is 10.9 Å². The second-order valence-corrected chi connectivity index (χ2v) is 8.22. The first kappa shape index (κ1) is 15.9. The quantitative estimate of drug-likeness (QED) is 0.754. The number of aromatic nitrogens is 2. The lowest BCUT2D eigenvalue weighted by atomic mass is 10.2. The Morgan fingerprint density at radius 3 is 2.52 bits per heavy atom. The molecule has 23 heavy (non-hydrogen) atoms. The summed E-state index contributed by atoms with van der Waals surface area (Å²) in [6.07, 6.45) is 1.63. The molecule has 5 nitrogen and oxygen atoms in total. The molecular formula is C15H12ClN3O2S2. The van der Waals surface area contributed by atoms with Crippen LogP contribution in [0, 0.1) is 6.92 Å². The molecule has 3 rings (SSSR count). The van der Waals surface area contributed by atoms with Crippen molar-refractivity contribution in [2.45, 2.75) is 16.8 Å². The molecule has 0 radical (unpaired) electrons. The Morgan fingerprint density at radius 1 is 1.13 bits per heavy atom. The van der Waals surface area contributed by atoms with Gasteiger partial charge in [-0.15, -0.1) is 0 Å². The summed E-state index contributed by atoms with van der Waals surface area (Å²) >= 11 is 7.15. The summed E-state index contributed by atoms with van der Waals surface area (Å²) in [5.74, 6) is 0.567. The van der Waals surface area contributed by atoms with Crippen LogP contribution in [0.5, 0.6) is 0 Å². The zero-order valence-electron chi connectivity index (χ0n) is 12.0. The standard InChI is InChI=1S/C15H12ClN3O2S2/c1-10-5-7-11(8-6-10)23(20,21)14-13(16)22-15(19-14)18-12-4-2-3-9-17-12/h2-9H,1H3,(H,17,18,19). The Bertz CT molecular complexity index is 923. The van der Waals surface area contributed by atoms with Crippen LogP contribution in [0.1, 0.15) is 5.56 Å². The minimum absolute atomic E-state index is 0.115. The number of nitrogens with one attached hydrogen (secondary N) is 1. The summed E-state index contributed by atoms with van der Waals surface area (Å²) in [6, 6.07) is 11.9. The fourth-order valence-electron chi connectivity index (χ4n) is 1.88. The smallest absolute Gasteiger partial charge is 0.226 e. The molecule has 3 aromatic rings. The van der Waals surface area contributed by atoms with Crippen molar-refractivity contribution in [3.63, 3.8) is 0 Å². The molecule has 1 aromatic carbocycles. The number of hydrogen-bond donors (Lipinski definition) is 1. The lowest BCUT2D eigenvalue weighted by Gasteiger charge is -2.02. The second kappa shape index (κ2) is 6.27. The highest BCUT2D eigenvalue weighted by molar-refractivity contribution is 7.91. The largest absolute Gasteiger partial charge is 0.316 e. The molecule has 0 saturated heterocycles. The van der Waals surface area contributed by atoms with Gasteiger partial charge in [0.1, 0.15) is 10.2 Å². The number of sulfone groups is 1. The van der Waals surface area contributed by atoms with Crippen LogP contribution in [0.25, 0.3) is 0 Å². The summed E-state index contributed by atoms with van der Waals surface area (Å²) in [5, 5.41) is 3.17. The SMILES string of the molecule is Cc1ccc(S(=O)(=O)c2nc(Nc3ccccn3)sc2Cl)cc1. The average molecular weight is 366 g/mol. The fraction of sp³-hybridized carbons (Fsp3) is 0.0667. The number of aryl methyl sites for hydroxylation is 1. The zero-order chi connectivity index (χ0) is 16.4. The van der Waals surface area contributed by atoms with Crippen LogP contribution >= 0.6 is 22.9 Å². The molecule has 0 bridgehead atoms. The van der Waals surface area contributed by atoms with Crippen molar-refractivity contribution in [1.82, 2.24) is 9.97 Å². The van der Waals surface area contributed by atoms with E-state index in [1.807, 2.05) is 13.0 Å². The molecular weight excluding hydrogens is 354 g/mol. The van der Waals surface area contributed by atoms with Crippen LogP contribution in [-0.2, 0) is 9.84 Å². The van der Waals surface area contributed by atoms with E-state index in [1.54, 1.807) is 42.6 Å². The number of benzene rings is 1. The van der Waals surface area contributed by atoms with E-state index in [1.165, 1.54) is 0 Å². The van der Waals surface area contributed by atoms with Gasteiger partial charge in [-0.3, -0.25) is 0 Å². The highest BCUT2D eigenvalue weighted by Gasteiger charge is 2.25. The summed E-state index contributed by atoms with van der Waals surface area (Å²) in [5.41, 5.74) is 0.978. The number of hydrogen-bond acceptors (Lipinski definition) is 6. The summed E-state index contributed by atoms with van der Waals surface area (Å²) in [7, 11) is -3.75. The van der Waals surface area contributed by atoms with E-state index in [2.05, 4.69) is 15.3 Å². The maximum Gasteiger partial charge on any atom is 0.226 e. The van der Waals surface area contributed by atoms with Crippen LogP contribution in [0.3, 0.4) is 0 Å². The Hall–Kier alpha value is -1.96. The number of halogens is 1. The van der Waals surface area contributed by atoms with Crippen molar-refractivity contribution >= 4 is 43.7 Å². The Morgan fingerprint density at radius 2 is 1.87 bits per heavy atom. The topological polar surface area (TPSA) is 72.0 Å². The van der Waals surface area contributed by atoms with Gasteiger partial charge in [0.15, 0.2) is 10.2 Å². The normalized spacial score (nSPS) is 11.4. The second-order valence-electron chi connectivity index (χ2n) is 4.75. The molecule has 118 valence electrons. The maximum absolute atomic E-state index is 12.6. The third-order valence-corrected chi connectivity index (χ3v) is 6.15. The number of rotatable bonds is 4. The van der Waals surface area contributed by atoms with Gasteiger partial charge in [0, 0.05) is 6.20 Å². The molecule has 0 saturated carbocycles. The highest BCUT2D eigenvalue weighted by Crippen LogP contribution is 2.35. The van der Waals surface area contributed by atoms with E-state index < -0.39 is 9.84 Å². The number of thiazole rings is 1. The molecule has 8 heteroatoms. The monoisotopic (exact) mass is 365 g/mol. The minimum Gasteiger partial charge on any atom is -0.316 e. The van der Waals surface area contributed by atoms with Crippen LogP contribution in [0.15, 0.2) is 58.6 Å². The number of anilines is 2. The molecule has 0 unspecified atom stereocenters. The van der Waals surface area contributed by atoms with E-state index in [0.717, 1.165) is 16.9 Å². The van der Waals surface area contributed by atoms with Gasteiger partial charge in [0.05, 0.1) is 4.90 Å². The fourth-order valence-corrected chi connectivity index (χ4v) is 4.70. The van der Waals surface area contributed by atoms with Crippen LogP contribution < -0.4 is 5.32 Å². The van der Waals surface area contributed by atoms with Gasteiger partial charge < -0.3 is 5.32 Å². The number of pyridine rings is 1. The van der Waals surface area contributed by atoms with Crippen molar-refractivity contribution in [3.05, 3.63) is 58.6 Å². The molecule has 1 N–H and O–H groups in total. The van der Waals surface area contributed by atoms with Crippen molar-refractivity contribution in [1.29, 1.82) is 0 Å². The molecule has 2 aromatic heterocycles. The first-order valence-corrected chi connectivity index (χ1v) is 9.31. The van der Waals surface area contributed by atoms with Gasteiger partial charge >= 0.3 is 0 Å². The van der Waals surface area contributed by atoms with Gasteiger partial charge in [0.2, 0.25) is 9.84 Å². The van der Waals surface area contributed by atoms with E-state index in [-0.39, 0.29) is 14.3 Å². The van der Waals surface area contributed by atoms with Crippen molar-refractivity contribution < 1.29 is 8.42 Å². The van der Waals surface area contributed by atoms with Gasteiger partial charge in [-0.25, -0.2) is 18.4 Å². The average Bonchev–Trinajstić information content (AvgIpc) is 2.90. The van der Waals surface area contributed by atoms with Crippen LogP contribution in [-0.4, -0.2) is 18.4 Å². The van der Waals surface area contributed by atoms with Gasteiger partial charge in [-0.05, 0) is 31.2 Å². The molecule has 0 fully saturated rings. The van der Waals surface area contributed by atoms with E-state index >= 15 is 0 Å². The molecule has 0 atom stereocenters. The van der Waals surface area contributed by atoms with Crippen molar-refractivity contribution in [2.75, 3.05) is 5.32 Å². The van der Waals surface area contributed by atoms with E-state index in [9.17, 15) is 8.42 Å². The van der Waals surface area contributed by atoms with E-state index in [4.69, 9.17) is 11.6 Å². The third kappa shape index (κ3) is 3.36. The Kier molecular flexibility index (Phi) is 4.34. The lowest BCUT2D eigenvalue weighted by Crippen LogP contribution is -2.03. The molecule has 0 aliphatic rings. The third-order valence-electron chi connectivity index (χ3n) is 3.04.